The molecular weight excluding hydrogens is 252 g/mol. The molecule has 1 aromatic carbocycles. The first-order valence-electron chi connectivity index (χ1n) is 5.42. The number of hydrogen-bond donors (Lipinski definition) is 2. The van der Waals surface area contributed by atoms with E-state index in [2.05, 4.69) is 10.6 Å². The Labute approximate surface area is 108 Å². The molecule has 1 aliphatic rings. The van der Waals surface area contributed by atoms with Crippen molar-refractivity contribution < 1.29 is 14.4 Å². The molecule has 1 aliphatic heterocycles. The van der Waals surface area contributed by atoms with Crippen LogP contribution in [0.2, 0.25) is 0 Å². The van der Waals surface area contributed by atoms with Crippen molar-refractivity contribution in [1.82, 2.24) is 5.32 Å². The number of imide groups is 1. The molecular formula is C12H12N2O3S. The molecule has 0 radical (unpaired) electrons. The minimum absolute atomic E-state index is 0.00385. The van der Waals surface area contributed by atoms with Gasteiger partial charge in [0.15, 0.2) is 0 Å². The fraction of sp³-hybridized carbons (Fsp3) is 0.250. The Hall–Kier alpha value is -1.82. The van der Waals surface area contributed by atoms with Crippen LogP contribution in [-0.2, 0) is 9.59 Å². The Morgan fingerprint density at radius 3 is 2.56 bits per heavy atom. The summed E-state index contributed by atoms with van der Waals surface area (Å²) < 4.78 is 0. The Morgan fingerprint density at radius 1 is 1.33 bits per heavy atom. The highest BCUT2D eigenvalue weighted by molar-refractivity contribution is 8.15. The molecule has 5 nitrogen and oxygen atoms in total. The summed E-state index contributed by atoms with van der Waals surface area (Å²) in [7, 11) is 0. The van der Waals surface area contributed by atoms with E-state index in [1.54, 1.807) is 12.1 Å². The maximum Gasteiger partial charge on any atom is 0.286 e. The van der Waals surface area contributed by atoms with Crippen LogP contribution in [0.5, 0.6) is 0 Å². The highest BCUT2D eigenvalue weighted by Gasteiger charge is 2.33. The van der Waals surface area contributed by atoms with Crippen LogP contribution in [0.4, 0.5) is 10.5 Å². The van der Waals surface area contributed by atoms with E-state index < -0.39 is 16.4 Å². The van der Waals surface area contributed by atoms with Crippen LogP contribution in [0.25, 0.3) is 0 Å². The summed E-state index contributed by atoms with van der Waals surface area (Å²) in [6.07, 6.45) is -0.00385. The number of carbonyl (C=O) groups is 3. The van der Waals surface area contributed by atoms with Gasteiger partial charge in [-0.05, 0) is 19.1 Å². The molecule has 1 saturated heterocycles. The number of nitrogens with one attached hydrogen (secondary N) is 2. The van der Waals surface area contributed by atoms with E-state index in [-0.39, 0.29) is 12.3 Å². The monoisotopic (exact) mass is 264 g/mol. The lowest BCUT2D eigenvalue weighted by Gasteiger charge is -2.07. The van der Waals surface area contributed by atoms with E-state index >= 15 is 0 Å². The van der Waals surface area contributed by atoms with Crippen molar-refractivity contribution in [1.29, 1.82) is 0 Å². The molecule has 2 N–H and O–H groups in total. The summed E-state index contributed by atoms with van der Waals surface area (Å²) in [5.41, 5.74) is 1.78. The molecule has 2 rings (SSSR count). The van der Waals surface area contributed by atoms with Crippen LogP contribution in [0.3, 0.4) is 0 Å². The van der Waals surface area contributed by atoms with Gasteiger partial charge in [0.2, 0.25) is 11.8 Å². The highest BCUT2D eigenvalue weighted by atomic mass is 32.2. The predicted octanol–water partition coefficient (Wildman–Crippen LogP) is 1.68. The molecule has 0 aromatic heterocycles. The van der Waals surface area contributed by atoms with Gasteiger partial charge >= 0.3 is 0 Å². The molecule has 1 aromatic rings. The number of anilines is 1. The van der Waals surface area contributed by atoms with Crippen LogP contribution < -0.4 is 10.6 Å². The zero-order chi connectivity index (χ0) is 13.1. The van der Waals surface area contributed by atoms with Crippen LogP contribution in [0, 0.1) is 6.92 Å². The van der Waals surface area contributed by atoms with Crippen LogP contribution in [0.1, 0.15) is 12.0 Å². The predicted molar refractivity (Wildman–Crippen MR) is 69.3 cm³/mol. The van der Waals surface area contributed by atoms with E-state index in [1.807, 2.05) is 19.1 Å². The van der Waals surface area contributed by atoms with E-state index in [0.717, 1.165) is 17.3 Å². The van der Waals surface area contributed by atoms with Crippen molar-refractivity contribution in [2.45, 2.75) is 18.6 Å². The van der Waals surface area contributed by atoms with E-state index in [9.17, 15) is 14.4 Å². The van der Waals surface area contributed by atoms with Crippen LogP contribution >= 0.6 is 11.8 Å². The number of thioether (sulfide) groups is 1. The third kappa shape index (κ3) is 3.10. The molecule has 1 heterocycles. The molecule has 1 fully saturated rings. The topological polar surface area (TPSA) is 75.3 Å². The lowest BCUT2D eigenvalue weighted by molar-refractivity contribution is -0.122. The van der Waals surface area contributed by atoms with E-state index in [1.165, 1.54) is 0 Å². The largest absolute Gasteiger partial charge is 0.326 e. The van der Waals surface area contributed by atoms with Crippen molar-refractivity contribution in [3.8, 4) is 0 Å². The summed E-state index contributed by atoms with van der Waals surface area (Å²) in [4.78, 5) is 33.9. The maximum absolute atomic E-state index is 11.7. The molecule has 0 unspecified atom stereocenters. The van der Waals surface area contributed by atoms with E-state index in [0.29, 0.717) is 5.69 Å². The fourth-order valence-electron chi connectivity index (χ4n) is 1.54. The first-order valence-corrected chi connectivity index (χ1v) is 6.30. The van der Waals surface area contributed by atoms with Gasteiger partial charge in [-0.15, -0.1) is 0 Å². The van der Waals surface area contributed by atoms with Gasteiger partial charge in [0, 0.05) is 12.1 Å². The molecule has 94 valence electrons. The molecule has 3 amide bonds. The minimum atomic E-state index is -0.622. The zero-order valence-corrected chi connectivity index (χ0v) is 10.5. The lowest BCUT2D eigenvalue weighted by Crippen LogP contribution is -2.27. The third-order valence-corrected chi connectivity index (χ3v) is 3.45. The second-order valence-electron chi connectivity index (χ2n) is 4.00. The third-order valence-electron chi connectivity index (χ3n) is 2.47. The molecule has 0 saturated carbocycles. The van der Waals surface area contributed by atoms with Crippen molar-refractivity contribution in [2.75, 3.05) is 5.32 Å². The van der Waals surface area contributed by atoms with Crippen molar-refractivity contribution >= 4 is 34.5 Å². The zero-order valence-electron chi connectivity index (χ0n) is 9.73. The van der Waals surface area contributed by atoms with Gasteiger partial charge in [-0.25, -0.2) is 0 Å². The molecule has 6 heteroatoms. The second-order valence-corrected chi connectivity index (χ2v) is 5.18. The Bertz CT molecular complexity index is 499. The normalized spacial score (nSPS) is 18.6. The van der Waals surface area contributed by atoms with Gasteiger partial charge in [-0.3, -0.25) is 19.7 Å². The number of rotatable bonds is 3. The standard InChI is InChI=1S/C12H12N2O3S/c1-7-2-4-8(5-3-7)13-10(15)6-9-11(16)14-12(17)18-9/h2-5,9H,6H2,1H3,(H,13,15)(H,14,16,17)/t9-/m1/s1. The van der Waals surface area contributed by atoms with Crippen molar-refractivity contribution in [2.24, 2.45) is 0 Å². The summed E-state index contributed by atoms with van der Waals surface area (Å²) in [5.74, 6) is -0.676. The summed E-state index contributed by atoms with van der Waals surface area (Å²) in [6.45, 7) is 1.96. The second kappa shape index (κ2) is 5.22. The van der Waals surface area contributed by atoms with E-state index in [4.69, 9.17) is 0 Å². The van der Waals surface area contributed by atoms with Crippen LogP contribution in [-0.4, -0.2) is 22.3 Å². The summed E-state index contributed by atoms with van der Waals surface area (Å²) in [6, 6.07) is 7.35. The molecule has 0 bridgehead atoms. The Balaban J connectivity index is 1.91. The average molecular weight is 264 g/mol. The van der Waals surface area contributed by atoms with Gasteiger partial charge in [0.25, 0.3) is 5.24 Å². The number of carbonyl (C=O) groups excluding carboxylic acids is 3. The van der Waals surface area contributed by atoms with Gasteiger partial charge in [0.1, 0.15) is 5.25 Å². The number of amides is 3. The fourth-order valence-corrected chi connectivity index (χ4v) is 2.36. The van der Waals surface area contributed by atoms with Gasteiger partial charge < -0.3 is 5.32 Å². The average Bonchev–Trinajstić information content (AvgIpc) is 2.61. The number of benzene rings is 1. The van der Waals surface area contributed by atoms with Gasteiger partial charge in [-0.2, -0.15) is 0 Å². The summed E-state index contributed by atoms with van der Waals surface area (Å²) in [5, 5.41) is 3.82. The molecule has 0 spiro atoms. The van der Waals surface area contributed by atoms with Crippen molar-refractivity contribution in [3.05, 3.63) is 29.8 Å². The Kier molecular flexibility index (Phi) is 3.66. The quantitative estimate of drug-likeness (QED) is 0.871. The molecule has 0 aliphatic carbocycles. The Morgan fingerprint density at radius 2 is 2.00 bits per heavy atom. The first kappa shape index (κ1) is 12.6. The number of hydrogen-bond acceptors (Lipinski definition) is 4. The smallest absolute Gasteiger partial charge is 0.286 e. The number of aryl methyl sites for hydroxylation is 1. The highest BCUT2D eigenvalue weighted by Crippen LogP contribution is 2.22. The molecule has 18 heavy (non-hydrogen) atoms. The van der Waals surface area contributed by atoms with Gasteiger partial charge in [0.05, 0.1) is 0 Å². The minimum Gasteiger partial charge on any atom is -0.326 e. The maximum atomic E-state index is 11.7. The van der Waals surface area contributed by atoms with Crippen molar-refractivity contribution in [3.63, 3.8) is 0 Å². The molecule has 1 atom stereocenters. The lowest BCUT2D eigenvalue weighted by atomic mass is 10.2. The van der Waals surface area contributed by atoms with Crippen LogP contribution in [0.15, 0.2) is 24.3 Å². The first-order chi connectivity index (χ1) is 8.54. The van der Waals surface area contributed by atoms with Gasteiger partial charge in [-0.1, -0.05) is 29.5 Å². The summed E-state index contributed by atoms with van der Waals surface area (Å²) >= 11 is 0.855. The SMILES string of the molecule is Cc1ccc(NC(=O)C[C@H]2SC(=O)NC2=O)cc1.